The Labute approximate surface area is 161 Å². The third kappa shape index (κ3) is 2.51. The summed E-state index contributed by atoms with van der Waals surface area (Å²) in [6.45, 7) is 0.893. The highest BCUT2D eigenvalue weighted by atomic mass is 16.7. The molecule has 1 aromatic carbocycles. The summed E-state index contributed by atoms with van der Waals surface area (Å²) in [6, 6.07) is 3.62. The van der Waals surface area contributed by atoms with Crippen molar-refractivity contribution in [3.8, 4) is 11.5 Å². The van der Waals surface area contributed by atoms with Crippen molar-refractivity contribution in [3.63, 3.8) is 0 Å². The average Bonchev–Trinajstić information content (AvgIpc) is 3.29. The molecule has 28 heavy (non-hydrogen) atoms. The number of hydrogen-bond acceptors (Lipinski definition) is 9. The van der Waals surface area contributed by atoms with Crippen LogP contribution in [0.3, 0.4) is 0 Å². The largest absolute Gasteiger partial charge is 0.454 e. The van der Waals surface area contributed by atoms with Crippen molar-refractivity contribution in [3.05, 3.63) is 12.1 Å². The average molecular weight is 386 g/mol. The highest BCUT2D eigenvalue weighted by Crippen LogP contribution is 2.48. The molecule has 1 aromatic rings. The number of amides is 1. The van der Waals surface area contributed by atoms with Gasteiger partial charge in [-0.1, -0.05) is 6.42 Å². The van der Waals surface area contributed by atoms with E-state index < -0.39 is 11.8 Å². The highest BCUT2D eigenvalue weighted by Gasteiger charge is 2.45. The summed E-state index contributed by atoms with van der Waals surface area (Å²) in [5, 5.41) is 0. The number of fused-ring (bicyclic) bond motifs is 1. The van der Waals surface area contributed by atoms with Crippen LogP contribution >= 0.6 is 0 Å². The monoisotopic (exact) mass is 386 g/mol. The van der Waals surface area contributed by atoms with Crippen LogP contribution in [0.4, 0.5) is 16.2 Å². The number of benzene rings is 1. The molecule has 10 heteroatoms. The summed E-state index contributed by atoms with van der Waals surface area (Å²) in [4.78, 5) is 24.7. The third-order valence-electron chi connectivity index (χ3n) is 5.61. The fourth-order valence-electron chi connectivity index (χ4n) is 4.40. The second kappa shape index (κ2) is 6.18. The van der Waals surface area contributed by atoms with Gasteiger partial charge in [-0.05, 0) is 25.7 Å². The molecule has 0 atom stereocenters. The van der Waals surface area contributed by atoms with Gasteiger partial charge < -0.3 is 25.7 Å². The number of nitrogens with zero attached hydrogens (tertiary/aromatic N) is 4. The van der Waals surface area contributed by atoms with Crippen molar-refractivity contribution in [2.45, 2.75) is 37.8 Å². The number of hydrogen-bond donors (Lipinski definition) is 2. The maximum Gasteiger partial charge on any atom is 0.414 e. The molecule has 0 bridgehead atoms. The van der Waals surface area contributed by atoms with Gasteiger partial charge in [-0.25, -0.2) is 9.79 Å². The van der Waals surface area contributed by atoms with E-state index in [0.29, 0.717) is 36.0 Å². The van der Waals surface area contributed by atoms with Crippen molar-refractivity contribution in [1.29, 1.82) is 0 Å². The van der Waals surface area contributed by atoms with Gasteiger partial charge in [-0.2, -0.15) is 4.99 Å². The Morgan fingerprint density at radius 1 is 1.00 bits per heavy atom. The zero-order valence-electron chi connectivity index (χ0n) is 15.4. The Bertz CT molecular complexity index is 892. The quantitative estimate of drug-likeness (QED) is 0.788. The van der Waals surface area contributed by atoms with Crippen LogP contribution in [0.1, 0.15) is 32.1 Å². The van der Waals surface area contributed by atoms with E-state index in [1.54, 1.807) is 11.0 Å². The molecule has 1 amide bonds. The lowest BCUT2D eigenvalue weighted by Crippen LogP contribution is -2.58. The van der Waals surface area contributed by atoms with Gasteiger partial charge in [0.05, 0.1) is 17.9 Å². The fourth-order valence-corrected chi connectivity index (χ4v) is 4.40. The van der Waals surface area contributed by atoms with E-state index in [2.05, 4.69) is 4.99 Å². The first-order valence-corrected chi connectivity index (χ1v) is 9.45. The maximum absolute atomic E-state index is 12.3. The maximum atomic E-state index is 12.3. The zero-order chi connectivity index (χ0) is 19.3. The SMILES string of the molecule is NC1=NC2(CCCCC2)N(c2cc3c(cc2N2CCOC2=O)OCO3)C(N)=N1. The summed E-state index contributed by atoms with van der Waals surface area (Å²) < 4.78 is 16.3. The molecular formula is C18H22N6O4. The molecule has 0 aromatic heterocycles. The summed E-state index contributed by atoms with van der Waals surface area (Å²) in [5.74, 6) is 1.60. The lowest BCUT2D eigenvalue weighted by molar-refractivity contribution is 0.174. The fraction of sp³-hybridized carbons (Fsp3) is 0.500. The molecule has 3 aliphatic heterocycles. The van der Waals surface area contributed by atoms with E-state index in [4.69, 9.17) is 30.7 Å². The first kappa shape index (κ1) is 17.0. The predicted molar refractivity (Wildman–Crippen MR) is 103 cm³/mol. The molecule has 1 saturated carbocycles. The molecular weight excluding hydrogens is 364 g/mol. The molecule has 1 spiro atoms. The van der Waals surface area contributed by atoms with Crippen molar-refractivity contribution in [2.75, 3.05) is 29.7 Å². The van der Waals surface area contributed by atoms with Gasteiger partial charge in [0.25, 0.3) is 0 Å². The van der Waals surface area contributed by atoms with E-state index in [1.807, 2.05) is 11.0 Å². The second-order valence-electron chi connectivity index (χ2n) is 7.28. The Balaban J connectivity index is 1.68. The van der Waals surface area contributed by atoms with Crippen LogP contribution in [0.5, 0.6) is 11.5 Å². The van der Waals surface area contributed by atoms with Crippen LogP contribution in [0, 0.1) is 0 Å². The highest BCUT2D eigenvalue weighted by molar-refractivity contribution is 6.09. The second-order valence-corrected chi connectivity index (χ2v) is 7.28. The number of carbonyl (C=O) groups excluding carboxylic acids is 1. The number of aliphatic imine (C=N–C) groups is 2. The topological polar surface area (TPSA) is 128 Å². The number of guanidine groups is 2. The van der Waals surface area contributed by atoms with Crippen LogP contribution in [-0.2, 0) is 4.74 Å². The first-order valence-electron chi connectivity index (χ1n) is 9.45. The predicted octanol–water partition coefficient (Wildman–Crippen LogP) is 1.48. The molecule has 2 fully saturated rings. The molecule has 4 aliphatic rings. The van der Waals surface area contributed by atoms with Crippen molar-refractivity contribution >= 4 is 29.4 Å². The molecule has 10 nitrogen and oxygen atoms in total. The van der Waals surface area contributed by atoms with Gasteiger partial charge in [-0.15, -0.1) is 0 Å². The van der Waals surface area contributed by atoms with Crippen molar-refractivity contribution in [2.24, 2.45) is 21.5 Å². The standard InChI is InChI=1S/C18H22N6O4/c19-15-21-16(20)24(18(22-15)4-2-1-3-5-18)12-9-14-13(27-10-28-14)8-11(12)23-6-7-26-17(23)25/h8-9H,1-7,10H2,(H4,19,20,21,22). The lowest BCUT2D eigenvalue weighted by atomic mass is 9.87. The van der Waals surface area contributed by atoms with Gasteiger partial charge >= 0.3 is 6.09 Å². The number of cyclic esters (lactones) is 1. The number of nitrogens with two attached hydrogens (primary N) is 2. The van der Waals surface area contributed by atoms with E-state index in [0.717, 1.165) is 32.1 Å². The Kier molecular flexibility index (Phi) is 3.74. The zero-order valence-corrected chi connectivity index (χ0v) is 15.4. The lowest BCUT2D eigenvalue weighted by Gasteiger charge is -2.46. The van der Waals surface area contributed by atoms with Gasteiger partial charge in [0, 0.05) is 12.1 Å². The molecule has 1 saturated heterocycles. The van der Waals surface area contributed by atoms with Crippen LogP contribution in [0.15, 0.2) is 22.1 Å². The van der Waals surface area contributed by atoms with E-state index >= 15 is 0 Å². The number of rotatable bonds is 2. The van der Waals surface area contributed by atoms with Crippen LogP contribution in [0.2, 0.25) is 0 Å². The van der Waals surface area contributed by atoms with Crippen LogP contribution in [0.25, 0.3) is 0 Å². The number of anilines is 2. The van der Waals surface area contributed by atoms with Gasteiger partial charge in [0.1, 0.15) is 12.3 Å². The molecule has 0 unspecified atom stereocenters. The Morgan fingerprint density at radius 2 is 1.71 bits per heavy atom. The molecule has 4 N–H and O–H groups in total. The summed E-state index contributed by atoms with van der Waals surface area (Å²) in [7, 11) is 0. The molecule has 148 valence electrons. The Morgan fingerprint density at radius 3 is 2.39 bits per heavy atom. The minimum Gasteiger partial charge on any atom is -0.454 e. The van der Waals surface area contributed by atoms with Gasteiger partial charge in [-0.3, -0.25) is 9.80 Å². The third-order valence-corrected chi connectivity index (χ3v) is 5.61. The van der Waals surface area contributed by atoms with Gasteiger partial charge in [0.2, 0.25) is 18.7 Å². The Hall–Kier alpha value is -3.17. The van der Waals surface area contributed by atoms with E-state index in [1.165, 1.54) is 0 Å². The molecule has 5 rings (SSSR count). The number of carbonyl (C=O) groups is 1. The molecule has 0 radical (unpaired) electrons. The van der Waals surface area contributed by atoms with Crippen LogP contribution < -0.4 is 30.7 Å². The van der Waals surface area contributed by atoms with Gasteiger partial charge in [0.15, 0.2) is 11.5 Å². The minimum atomic E-state index is -0.625. The summed E-state index contributed by atoms with van der Waals surface area (Å²) in [5.41, 5.74) is 13.0. The minimum absolute atomic E-state index is 0.127. The molecule has 1 aliphatic carbocycles. The summed E-state index contributed by atoms with van der Waals surface area (Å²) >= 11 is 0. The van der Waals surface area contributed by atoms with Crippen LogP contribution in [-0.4, -0.2) is 43.6 Å². The number of ether oxygens (including phenoxy) is 3. The van der Waals surface area contributed by atoms with E-state index in [-0.39, 0.29) is 18.7 Å². The molecule has 3 heterocycles. The normalized spacial score (nSPS) is 22.9. The summed E-state index contributed by atoms with van der Waals surface area (Å²) in [6.07, 6.45) is 4.32. The van der Waals surface area contributed by atoms with E-state index in [9.17, 15) is 4.79 Å². The van der Waals surface area contributed by atoms with Crippen molar-refractivity contribution in [1.82, 2.24) is 0 Å². The smallest absolute Gasteiger partial charge is 0.414 e. The first-order chi connectivity index (χ1) is 13.6. The van der Waals surface area contributed by atoms with Crippen molar-refractivity contribution < 1.29 is 19.0 Å².